The first-order chi connectivity index (χ1) is 15.5. The molecule has 6 nitrogen and oxygen atoms in total. The summed E-state index contributed by atoms with van der Waals surface area (Å²) in [5, 5.41) is 23.1. The van der Waals surface area contributed by atoms with Gasteiger partial charge in [-0.3, -0.25) is 0 Å². The third-order valence-corrected chi connectivity index (χ3v) is 5.42. The molecule has 4 aromatic rings. The second kappa shape index (κ2) is 9.33. The molecule has 32 heavy (non-hydrogen) atoms. The van der Waals surface area contributed by atoms with E-state index in [2.05, 4.69) is 15.5 Å². The summed E-state index contributed by atoms with van der Waals surface area (Å²) in [6, 6.07) is 18.9. The Kier molecular flexibility index (Phi) is 6.34. The van der Waals surface area contributed by atoms with Crippen molar-refractivity contribution in [3.63, 3.8) is 0 Å². The fraction of sp³-hybridized carbons (Fsp3) is 0.0870. The van der Waals surface area contributed by atoms with Gasteiger partial charge in [-0.25, -0.2) is 4.39 Å². The lowest BCUT2D eigenvalue weighted by Gasteiger charge is -2.10. The molecule has 0 bridgehead atoms. The van der Waals surface area contributed by atoms with Gasteiger partial charge in [-0.1, -0.05) is 48.0 Å². The van der Waals surface area contributed by atoms with Crippen LogP contribution in [-0.2, 0) is 6.54 Å². The molecule has 0 spiro atoms. The van der Waals surface area contributed by atoms with Crippen LogP contribution in [0.25, 0.3) is 10.9 Å². The Morgan fingerprint density at radius 1 is 1.12 bits per heavy atom. The van der Waals surface area contributed by atoms with Crippen molar-refractivity contribution in [3.8, 4) is 11.6 Å². The van der Waals surface area contributed by atoms with Gasteiger partial charge in [0, 0.05) is 16.0 Å². The molecule has 0 fully saturated rings. The van der Waals surface area contributed by atoms with Crippen LogP contribution >= 0.6 is 23.8 Å². The fourth-order valence-electron chi connectivity index (χ4n) is 3.36. The number of nitrogens with zero attached hydrogens (tertiary/aromatic N) is 3. The van der Waals surface area contributed by atoms with Gasteiger partial charge in [-0.15, -0.1) is 10.2 Å². The number of azo groups is 1. The number of ether oxygens (including phenoxy) is 1. The Morgan fingerprint density at radius 3 is 2.66 bits per heavy atom. The van der Waals surface area contributed by atoms with E-state index in [1.165, 1.54) is 16.7 Å². The number of benzene rings is 3. The van der Waals surface area contributed by atoms with E-state index in [1.54, 1.807) is 37.4 Å². The van der Waals surface area contributed by atoms with Crippen molar-refractivity contribution in [2.45, 2.75) is 6.54 Å². The summed E-state index contributed by atoms with van der Waals surface area (Å²) in [4.78, 5) is 0. The van der Waals surface area contributed by atoms with Crippen molar-refractivity contribution in [2.75, 3.05) is 12.4 Å². The number of rotatable bonds is 5. The van der Waals surface area contributed by atoms with Crippen LogP contribution < -0.4 is 10.1 Å². The number of aromatic hydroxyl groups is 1. The van der Waals surface area contributed by atoms with E-state index in [9.17, 15) is 9.50 Å². The highest BCUT2D eigenvalue weighted by Gasteiger charge is 2.19. The first-order valence-electron chi connectivity index (χ1n) is 9.58. The van der Waals surface area contributed by atoms with Crippen LogP contribution in [0.2, 0.25) is 5.02 Å². The molecule has 4 rings (SSSR count). The molecule has 0 atom stereocenters. The summed E-state index contributed by atoms with van der Waals surface area (Å²) in [6.45, 7) is 0.0251. The number of para-hydroxylation sites is 3. The van der Waals surface area contributed by atoms with Gasteiger partial charge < -0.3 is 19.7 Å². The third-order valence-electron chi connectivity index (χ3n) is 4.88. The Bertz CT molecular complexity index is 1320. The summed E-state index contributed by atoms with van der Waals surface area (Å²) in [6.07, 6.45) is 0. The van der Waals surface area contributed by atoms with Crippen molar-refractivity contribution < 1.29 is 14.2 Å². The molecular weight excluding hydrogens is 451 g/mol. The highest BCUT2D eigenvalue weighted by atomic mass is 35.5. The number of thiocarbonyl (C=S) groups is 1. The largest absolute Gasteiger partial charge is 0.495 e. The second-order valence-corrected chi connectivity index (χ2v) is 7.60. The molecule has 2 N–H and O–H groups in total. The van der Waals surface area contributed by atoms with Crippen LogP contribution in [0.4, 0.5) is 15.8 Å². The molecular formula is C23H18ClFN4O2S. The molecule has 162 valence electrons. The number of methoxy groups -OCH3 is 1. The van der Waals surface area contributed by atoms with Gasteiger partial charge in [0.25, 0.3) is 0 Å². The number of halogens is 2. The number of hydrogen-bond donors (Lipinski definition) is 2. The second-order valence-electron chi connectivity index (χ2n) is 6.81. The van der Waals surface area contributed by atoms with Crippen molar-refractivity contribution in [2.24, 2.45) is 10.2 Å². The third kappa shape index (κ3) is 4.28. The lowest BCUT2D eigenvalue weighted by molar-refractivity contribution is 0.417. The molecule has 9 heteroatoms. The Balaban J connectivity index is 1.68. The van der Waals surface area contributed by atoms with Crippen LogP contribution in [0.1, 0.15) is 5.56 Å². The molecule has 3 aromatic carbocycles. The maximum Gasteiger partial charge on any atom is 0.221 e. The van der Waals surface area contributed by atoms with E-state index >= 15 is 0 Å². The SMILES string of the molecule is COc1ccccc1NC(=S)N=Nc1c(O)n(Cc2c(F)cccc2Cl)c2ccccc12. The van der Waals surface area contributed by atoms with Gasteiger partial charge in [0.15, 0.2) is 5.69 Å². The van der Waals surface area contributed by atoms with Crippen LogP contribution in [-0.4, -0.2) is 21.9 Å². The van der Waals surface area contributed by atoms with E-state index in [1.807, 2.05) is 24.3 Å². The summed E-state index contributed by atoms with van der Waals surface area (Å²) < 4.78 is 21.2. The normalized spacial score (nSPS) is 11.2. The maximum atomic E-state index is 14.3. The molecule has 0 unspecified atom stereocenters. The lowest BCUT2D eigenvalue weighted by atomic mass is 10.2. The Labute approximate surface area is 193 Å². The average molecular weight is 469 g/mol. The van der Waals surface area contributed by atoms with Crippen molar-refractivity contribution in [1.82, 2.24) is 4.57 Å². The van der Waals surface area contributed by atoms with Crippen LogP contribution in [0.15, 0.2) is 77.0 Å². The number of nitrogens with one attached hydrogen (secondary N) is 1. The minimum atomic E-state index is -0.458. The van der Waals surface area contributed by atoms with E-state index in [-0.39, 0.29) is 33.8 Å². The summed E-state index contributed by atoms with van der Waals surface area (Å²) in [5.41, 5.74) is 1.78. The molecule has 1 aromatic heterocycles. The van der Waals surface area contributed by atoms with Crippen molar-refractivity contribution in [3.05, 3.63) is 83.1 Å². The van der Waals surface area contributed by atoms with Gasteiger partial charge in [0.05, 0.1) is 24.9 Å². The zero-order valence-corrected chi connectivity index (χ0v) is 18.5. The van der Waals surface area contributed by atoms with E-state index in [0.717, 1.165) is 0 Å². The standard InChI is InChI=1S/C23H18ClFN4O2S/c1-31-20-12-5-3-10-18(20)26-23(32)28-27-21-14-7-2-4-11-19(14)29(22(21)30)13-15-16(24)8-6-9-17(15)25/h2-12,30H,13H2,1H3,(H,26,32). The zero-order chi connectivity index (χ0) is 22.7. The Morgan fingerprint density at radius 2 is 1.88 bits per heavy atom. The van der Waals surface area contributed by atoms with Gasteiger partial charge in [0.2, 0.25) is 11.0 Å². The van der Waals surface area contributed by atoms with Crippen molar-refractivity contribution in [1.29, 1.82) is 0 Å². The van der Waals surface area contributed by atoms with Gasteiger partial charge in [0.1, 0.15) is 11.6 Å². The minimum Gasteiger partial charge on any atom is -0.495 e. The van der Waals surface area contributed by atoms with Crippen LogP contribution in [0.3, 0.4) is 0 Å². The minimum absolute atomic E-state index is 0.0251. The first kappa shape index (κ1) is 21.7. The van der Waals surface area contributed by atoms with Crippen LogP contribution in [0, 0.1) is 5.82 Å². The molecule has 1 heterocycles. The summed E-state index contributed by atoms with van der Waals surface area (Å²) in [5.74, 6) is -0.0272. The van der Waals surface area contributed by atoms with E-state index < -0.39 is 5.82 Å². The topological polar surface area (TPSA) is 71.1 Å². The lowest BCUT2D eigenvalue weighted by Crippen LogP contribution is -2.06. The highest BCUT2D eigenvalue weighted by Crippen LogP contribution is 2.40. The monoisotopic (exact) mass is 468 g/mol. The van der Waals surface area contributed by atoms with Gasteiger partial charge >= 0.3 is 0 Å². The predicted molar refractivity (Wildman–Crippen MR) is 128 cm³/mol. The van der Waals surface area contributed by atoms with Crippen molar-refractivity contribution >= 4 is 51.2 Å². The molecule has 0 saturated heterocycles. The summed E-state index contributed by atoms with van der Waals surface area (Å²) in [7, 11) is 1.56. The number of fused-ring (bicyclic) bond motifs is 1. The molecule has 0 aliphatic rings. The zero-order valence-electron chi connectivity index (χ0n) is 16.9. The van der Waals surface area contributed by atoms with Gasteiger partial charge in [-0.2, -0.15) is 0 Å². The molecule has 0 amide bonds. The fourth-order valence-corrected chi connectivity index (χ4v) is 3.73. The first-order valence-corrected chi connectivity index (χ1v) is 10.4. The molecule has 0 aliphatic heterocycles. The predicted octanol–water partition coefficient (Wildman–Crippen LogP) is 6.68. The number of hydrogen-bond acceptors (Lipinski definition) is 4. The maximum absolute atomic E-state index is 14.3. The summed E-state index contributed by atoms with van der Waals surface area (Å²) >= 11 is 11.5. The van der Waals surface area contributed by atoms with E-state index in [0.29, 0.717) is 22.3 Å². The number of aromatic nitrogens is 1. The Hall–Kier alpha value is -3.49. The quantitative estimate of drug-likeness (QED) is 0.253. The highest BCUT2D eigenvalue weighted by molar-refractivity contribution is 7.80. The van der Waals surface area contributed by atoms with Crippen LogP contribution in [0.5, 0.6) is 11.6 Å². The smallest absolute Gasteiger partial charge is 0.221 e. The van der Waals surface area contributed by atoms with E-state index in [4.69, 9.17) is 28.6 Å². The molecule has 0 aliphatic carbocycles. The average Bonchev–Trinajstić information content (AvgIpc) is 3.06. The van der Waals surface area contributed by atoms with Gasteiger partial charge in [-0.05, 0) is 42.5 Å². The molecule has 0 radical (unpaired) electrons. The number of anilines is 1. The molecule has 0 saturated carbocycles.